The summed E-state index contributed by atoms with van der Waals surface area (Å²) < 4.78 is 5.36. The molecule has 158 valence electrons. The number of hydrogen-bond donors (Lipinski definition) is 1. The molecule has 0 bridgehead atoms. The number of ether oxygens (including phenoxy) is 1. The van der Waals surface area contributed by atoms with Crippen LogP contribution in [0.5, 0.6) is 5.75 Å². The Morgan fingerprint density at radius 2 is 1.96 bits per heavy atom. The largest absolute Gasteiger partial charge is 0.497 e. The van der Waals surface area contributed by atoms with Gasteiger partial charge in [-0.25, -0.2) is 0 Å². The zero-order valence-corrected chi connectivity index (χ0v) is 19.9. The first-order valence-electron chi connectivity index (χ1n) is 10.4. The third-order valence-corrected chi connectivity index (χ3v) is 5.65. The van der Waals surface area contributed by atoms with Gasteiger partial charge >= 0.3 is 0 Å². The molecule has 0 amide bonds. The molecule has 1 N–H and O–H groups in total. The molecule has 28 heavy (non-hydrogen) atoms. The molecule has 2 fully saturated rings. The molecule has 1 aromatic rings. The van der Waals surface area contributed by atoms with E-state index >= 15 is 0 Å². The maximum Gasteiger partial charge on any atom is 0.194 e. The molecule has 7 heteroatoms. The third-order valence-electron chi connectivity index (χ3n) is 5.65. The molecule has 0 spiro atoms. The summed E-state index contributed by atoms with van der Waals surface area (Å²) in [5, 5.41) is 3.50. The average Bonchev–Trinajstić information content (AvgIpc) is 3.19. The number of likely N-dealkylation sites (tertiary alicyclic amines) is 1. The molecule has 2 aliphatic heterocycles. The zero-order chi connectivity index (χ0) is 19.1. The van der Waals surface area contributed by atoms with Gasteiger partial charge < -0.3 is 24.8 Å². The van der Waals surface area contributed by atoms with Crippen molar-refractivity contribution in [2.45, 2.75) is 20.3 Å². The van der Waals surface area contributed by atoms with Crippen LogP contribution in [0.25, 0.3) is 0 Å². The summed E-state index contributed by atoms with van der Waals surface area (Å²) in [6.45, 7) is 13.8. The minimum Gasteiger partial charge on any atom is -0.497 e. The summed E-state index contributed by atoms with van der Waals surface area (Å²) >= 11 is 0. The average molecular weight is 501 g/mol. The second-order valence-corrected chi connectivity index (χ2v) is 7.42. The molecule has 0 aliphatic carbocycles. The van der Waals surface area contributed by atoms with Crippen LogP contribution in [0.1, 0.15) is 20.3 Å². The summed E-state index contributed by atoms with van der Waals surface area (Å²) in [5.41, 5.74) is 1.24. The van der Waals surface area contributed by atoms with Crippen LogP contribution in [-0.4, -0.2) is 81.8 Å². The predicted molar refractivity (Wildman–Crippen MR) is 128 cm³/mol. The Morgan fingerprint density at radius 1 is 1.18 bits per heavy atom. The first-order chi connectivity index (χ1) is 13.2. The Labute approximate surface area is 187 Å². The number of hydrogen-bond acceptors (Lipinski definition) is 4. The molecular formula is C21H36IN5O. The molecule has 1 atom stereocenters. The van der Waals surface area contributed by atoms with Crippen molar-refractivity contribution in [3.05, 3.63) is 24.3 Å². The van der Waals surface area contributed by atoms with Crippen LogP contribution >= 0.6 is 24.0 Å². The minimum absolute atomic E-state index is 0. The lowest BCUT2D eigenvalue weighted by Gasteiger charge is -2.38. The van der Waals surface area contributed by atoms with E-state index in [-0.39, 0.29) is 24.0 Å². The van der Waals surface area contributed by atoms with Crippen molar-refractivity contribution in [1.82, 2.24) is 15.1 Å². The second-order valence-electron chi connectivity index (χ2n) is 7.42. The maximum absolute atomic E-state index is 5.36. The van der Waals surface area contributed by atoms with Crippen LogP contribution in [-0.2, 0) is 0 Å². The minimum atomic E-state index is 0. The Balaban J connectivity index is 0.00000280. The van der Waals surface area contributed by atoms with Gasteiger partial charge in [0, 0.05) is 57.6 Å². The number of guanidine groups is 1. The van der Waals surface area contributed by atoms with Crippen LogP contribution in [0.2, 0.25) is 0 Å². The molecule has 2 heterocycles. The number of methoxy groups -OCH3 is 1. The Bertz CT molecular complexity index is 619. The number of halogens is 1. The van der Waals surface area contributed by atoms with Crippen molar-refractivity contribution in [3.8, 4) is 5.75 Å². The number of rotatable bonds is 6. The normalized spacial score (nSPS) is 20.8. The smallest absolute Gasteiger partial charge is 0.194 e. The van der Waals surface area contributed by atoms with Crippen molar-refractivity contribution >= 4 is 35.6 Å². The van der Waals surface area contributed by atoms with Crippen molar-refractivity contribution in [2.75, 3.05) is 70.9 Å². The summed E-state index contributed by atoms with van der Waals surface area (Å²) in [6.07, 6.45) is 1.28. The van der Waals surface area contributed by atoms with E-state index in [4.69, 9.17) is 9.73 Å². The van der Waals surface area contributed by atoms with Crippen LogP contribution in [0, 0.1) is 5.92 Å². The lowest BCUT2D eigenvalue weighted by Crippen LogP contribution is -2.52. The van der Waals surface area contributed by atoms with Crippen LogP contribution < -0.4 is 15.0 Å². The van der Waals surface area contributed by atoms with Crippen molar-refractivity contribution in [2.24, 2.45) is 10.9 Å². The van der Waals surface area contributed by atoms with E-state index in [1.807, 2.05) is 6.07 Å². The van der Waals surface area contributed by atoms with E-state index in [1.54, 1.807) is 7.11 Å². The molecule has 2 aliphatic rings. The summed E-state index contributed by atoms with van der Waals surface area (Å²) in [7, 11) is 1.72. The highest BCUT2D eigenvalue weighted by atomic mass is 127. The SMILES string of the molecule is CCNC(=NCC1CCN(CC)C1)N1CCN(c2cccc(OC)c2)CC1.I. The number of piperazine rings is 1. The maximum atomic E-state index is 5.36. The monoisotopic (exact) mass is 501 g/mol. The van der Waals surface area contributed by atoms with Gasteiger partial charge in [0.25, 0.3) is 0 Å². The van der Waals surface area contributed by atoms with Gasteiger partial charge in [0.15, 0.2) is 5.96 Å². The number of nitrogens with one attached hydrogen (secondary N) is 1. The topological polar surface area (TPSA) is 43.3 Å². The lowest BCUT2D eigenvalue weighted by atomic mass is 10.1. The summed E-state index contributed by atoms with van der Waals surface area (Å²) in [4.78, 5) is 12.3. The predicted octanol–water partition coefficient (Wildman–Crippen LogP) is 2.74. The molecule has 1 aromatic carbocycles. The second kappa shape index (κ2) is 11.7. The van der Waals surface area contributed by atoms with Crippen molar-refractivity contribution in [3.63, 3.8) is 0 Å². The fourth-order valence-corrected chi connectivity index (χ4v) is 3.97. The number of nitrogens with zero attached hydrogens (tertiary/aromatic N) is 4. The van der Waals surface area contributed by atoms with Crippen LogP contribution in [0.15, 0.2) is 29.3 Å². The van der Waals surface area contributed by atoms with Gasteiger partial charge in [-0.2, -0.15) is 0 Å². The fraction of sp³-hybridized carbons (Fsp3) is 0.667. The molecule has 0 radical (unpaired) electrons. The summed E-state index contributed by atoms with van der Waals surface area (Å²) in [5.74, 6) is 2.71. The van der Waals surface area contributed by atoms with Gasteiger partial charge in [0.2, 0.25) is 0 Å². The zero-order valence-electron chi connectivity index (χ0n) is 17.6. The van der Waals surface area contributed by atoms with E-state index in [2.05, 4.69) is 52.1 Å². The van der Waals surface area contributed by atoms with E-state index in [9.17, 15) is 0 Å². The molecular weight excluding hydrogens is 465 g/mol. The first-order valence-corrected chi connectivity index (χ1v) is 10.4. The number of benzene rings is 1. The fourth-order valence-electron chi connectivity index (χ4n) is 3.97. The molecule has 0 aromatic heterocycles. The molecule has 6 nitrogen and oxygen atoms in total. The number of anilines is 1. The van der Waals surface area contributed by atoms with Gasteiger partial charge in [-0.3, -0.25) is 4.99 Å². The number of aliphatic imine (C=N–C) groups is 1. The molecule has 2 saturated heterocycles. The summed E-state index contributed by atoms with van der Waals surface area (Å²) in [6, 6.07) is 8.34. The quantitative estimate of drug-likeness (QED) is 0.369. The van der Waals surface area contributed by atoms with Crippen LogP contribution in [0.4, 0.5) is 5.69 Å². The van der Waals surface area contributed by atoms with Gasteiger partial charge in [-0.05, 0) is 44.5 Å². The Kier molecular flexibility index (Phi) is 9.64. The van der Waals surface area contributed by atoms with Gasteiger partial charge in [0.05, 0.1) is 7.11 Å². The highest BCUT2D eigenvalue weighted by Gasteiger charge is 2.23. The highest BCUT2D eigenvalue weighted by molar-refractivity contribution is 14.0. The van der Waals surface area contributed by atoms with E-state index in [0.29, 0.717) is 5.92 Å². The third kappa shape index (κ3) is 6.14. The molecule has 1 unspecified atom stereocenters. The van der Waals surface area contributed by atoms with Crippen molar-refractivity contribution < 1.29 is 4.74 Å². The van der Waals surface area contributed by atoms with Gasteiger partial charge in [0.1, 0.15) is 5.75 Å². The standard InChI is InChI=1S/C21H35N5O.HI/c1-4-22-21(23-16-18-9-10-24(5-2)17-18)26-13-11-25(12-14-26)19-7-6-8-20(15-19)27-3;/h6-8,15,18H,4-5,9-14,16-17H2,1-3H3,(H,22,23);1H. The Hall–Kier alpha value is -1.22. The van der Waals surface area contributed by atoms with E-state index in [1.165, 1.54) is 25.2 Å². The van der Waals surface area contributed by atoms with Crippen LogP contribution in [0.3, 0.4) is 0 Å². The molecule has 0 saturated carbocycles. The van der Waals surface area contributed by atoms with Crippen molar-refractivity contribution in [1.29, 1.82) is 0 Å². The van der Waals surface area contributed by atoms with Gasteiger partial charge in [-0.15, -0.1) is 24.0 Å². The highest BCUT2D eigenvalue weighted by Crippen LogP contribution is 2.22. The van der Waals surface area contributed by atoms with Gasteiger partial charge in [-0.1, -0.05) is 13.0 Å². The lowest BCUT2D eigenvalue weighted by molar-refractivity contribution is 0.342. The van der Waals surface area contributed by atoms with E-state index < -0.39 is 0 Å². The van der Waals surface area contributed by atoms with E-state index in [0.717, 1.165) is 57.5 Å². The first kappa shape index (κ1) is 23.1. The Morgan fingerprint density at radius 3 is 2.61 bits per heavy atom. The molecule has 3 rings (SSSR count).